The van der Waals surface area contributed by atoms with Crippen LogP contribution in [0.15, 0.2) is 60.7 Å². The van der Waals surface area contributed by atoms with Gasteiger partial charge in [0.25, 0.3) is 5.91 Å². The van der Waals surface area contributed by atoms with Crippen molar-refractivity contribution in [1.82, 2.24) is 15.3 Å². The Bertz CT molecular complexity index is 1550. The molecule has 178 valence electrons. The number of rotatable bonds is 5. The second-order valence-corrected chi connectivity index (χ2v) is 9.17. The first-order chi connectivity index (χ1) is 17.4. The molecule has 5 rings (SSSR count). The van der Waals surface area contributed by atoms with E-state index in [0.29, 0.717) is 23.4 Å². The molecule has 1 unspecified atom stereocenters. The zero-order valence-corrected chi connectivity index (χ0v) is 19.6. The van der Waals surface area contributed by atoms with Crippen molar-refractivity contribution in [2.45, 2.75) is 32.2 Å². The fourth-order valence-electron chi connectivity index (χ4n) is 4.25. The third kappa shape index (κ3) is 4.78. The van der Waals surface area contributed by atoms with Gasteiger partial charge in [0, 0.05) is 33.4 Å². The van der Waals surface area contributed by atoms with E-state index in [-0.39, 0.29) is 22.4 Å². The van der Waals surface area contributed by atoms with Crippen LogP contribution in [0.25, 0.3) is 10.9 Å². The number of amides is 1. The van der Waals surface area contributed by atoms with Gasteiger partial charge in [-0.05, 0) is 67.6 Å². The highest BCUT2D eigenvalue weighted by Crippen LogP contribution is 2.47. The minimum absolute atomic E-state index is 0.142. The summed E-state index contributed by atoms with van der Waals surface area (Å²) in [6.45, 7) is 1.78. The van der Waals surface area contributed by atoms with Crippen LogP contribution in [-0.2, 0) is 0 Å². The lowest BCUT2D eigenvalue weighted by atomic mass is 10.0. The molecule has 4 aromatic rings. The lowest BCUT2D eigenvalue weighted by Gasteiger charge is -2.19. The number of H-pyrrole nitrogens is 1. The van der Waals surface area contributed by atoms with E-state index >= 15 is 0 Å². The zero-order chi connectivity index (χ0) is 25.3. The number of nitrogens with zero attached hydrogens (tertiary/aromatic N) is 2. The molecule has 2 aromatic carbocycles. The molecule has 0 bridgehead atoms. The van der Waals surface area contributed by atoms with E-state index in [1.54, 1.807) is 19.1 Å². The number of hydrogen-bond acceptors (Lipinski definition) is 4. The smallest absolute Gasteiger partial charge is 0.270 e. The van der Waals surface area contributed by atoms with Gasteiger partial charge in [-0.2, -0.15) is 5.26 Å². The second-order valence-electron chi connectivity index (χ2n) is 9.17. The van der Waals surface area contributed by atoms with E-state index < -0.39 is 17.8 Å². The highest BCUT2D eigenvalue weighted by molar-refractivity contribution is 5.93. The fraction of sp³-hybridized carbons (Fsp3) is 0.207. The van der Waals surface area contributed by atoms with Crippen LogP contribution >= 0.6 is 0 Å². The second kappa shape index (κ2) is 9.20. The van der Waals surface area contributed by atoms with Crippen molar-refractivity contribution in [2.75, 3.05) is 0 Å². The van der Waals surface area contributed by atoms with Crippen LogP contribution in [0.4, 0.5) is 4.39 Å². The molecule has 6 nitrogen and oxygen atoms in total. The fourth-order valence-corrected chi connectivity index (χ4v) is 4.25. The normalized spacial score (nSPS) is 14.4. The van der Waals surface area contributed by atoms with Crippen molar-refractivity contribution in [2.24, 2.45) is 5.41 Å². The van der Waals surface area contributed by atoms with Crippen molar-refractivity contribution >= 4 is 16.8 Å². The molecule has 1 amide bonds. The third-order valence-electron chi connectivity index (χ3n) is 6.37. The standard InChI is InChI=1S/C29H23FN4O2/c1-18-14-19(8-9-29(10-11-29)12-13-31)15-25(32-18)28(36)34-27(22-17-21(30)6-7-26(22)35)24-16-20-4-2-3-5-23(20)33-24/h2-7,14-17,27,33,35H,10-12H2,1H3,(H,34,36). The molecule has 0 aliphatic heterocycles. The molecular weight excluding hydrogens is 455 g/mol. The van der Waals surface area contributed by atoms with Gasteiger partial charge in [0.05, 0.1) is 18.5 Å². The summed E-state index contributed by atoms with van der Waals surface area (Å²) in [4.78, 5) is 21.0. The first-order valence-electron chi connectivity index (χ1n) is 11.6. The number of carbonyl (C=O) groups excluding carboxylic acids is 1. The summed E-state index contributed by atoms with van der Waals surface area (Å²) >= 11 is 0. The minimum Gasteiger partial charge on any atom is -0.508 e. The summed E-state index contributed by atoms with van der Waals surface area (Å²) in [5.74, 6) is 5.13. The number of hydrogen-bond donors (Lipinski definition) is 3. The maximum absolute atomic E-state index is 14.2. The number of carbonyl (C=O) groups is 1. The summed E-state index contributed by atoms with van der Waals surface area (Å²) in [7, 11) is 0. The number of pyridine rings is 1. The van der Waals surface area contributed by atoms with Crippen molar-refractivity contribution in [1.29, 1.82) is 5.26 Å². The molecule has 1 saturated carbocycles. The summed E-state index contributed by atoms with van der Waals surface area (Å²) in [6, 6.07) is 17.8. The van der Waals surface area contributed by atoms with Crippen LogP contribution in [0.3, 0.4) is 0 Å². The van der Waals surface area contributed by atoms with Gasteiger partial charge in [-0.3, -0.25) is 4.79 Å². The average molecular weight is 479 g/mol. The molecule has 0 radical (unpaired) electrons. The first-order valence-corrected chi connectivity index (χ1v) is 11.6. The van der Waals surface area contributed by atoms with Gasteiger partial charge in [-0.1, -0.05) is 30.0 Å². The minimum atomic E-state index is -0.859. The Kier molecular flexibility index (Phi) is 5.91. The van der Waals surface area contributed by atoms with Crippen molar-refractivity contribution in [3.63, 3.8) is 0 Å². The van der Waals surface area contributed by atoms with Crippen LogP contribution < -0.4 is 5.32 Å². The molecule has 1 fully saturated rings. The highest BCUT2D eigenvalue weighted by atomic mass is 19.1. The summed E-state index contributed by atoms with van der Waals surface area (Å²) < 4.78 is 14.2. The number of nitrogens with one attached hydrogen (secondary N) is 2. The number of para-hydroxylation sites is 1. The number of fused-ring (bicyclic) bond motifs is 1. The lowest BCUT2D eigenvalue weighted by Crippen LogP contribution is -2.30. The zero-order valence-electron chi connectivity index (χ0n) is 19.6. The number of aromatic nitrogens is 2. The summed E-state index contributed by atoms with van der Waals surface area (Å²) in [5.41, 5.74) is 2.81. The number of phenolic OH excluding ortho intramolecular Hbond substituents is 1. The molecule has 36 heavy (non-hydrogen) atoms. The van der Waals surface area contributed by atoms with Crippen molar-refractivity contribution in [3.05, 3.63) is 94.7 Å². The van der Waals surface area contributed by atoms with Crippen LogP contribution in [0.5, 0.6) is 5.75 Å². The Hall–Kier alpha value is -4.62. The van der Waals surface area contributed by atoms with Gasteiger partial charge in [-0.15, -0.1) is 0 Å². The monoisotopic (exact) mass is 478 g/mol. The SMILES string of the molecule is Cc1cc(C#CC2(CC#N)CC2)cc(C(=O)NC(c2cc3ccccc3[nH]2)c2cc(F)ccc2O)n1. The van der Waals surface area contributed by atoms with Crippen molar-refractivity contribution < 1.29 is 14.3 Å². The molecular formula is C29H23FN4O2. The van der Waals surface area contributed by atoms with Crippen LogP contribution in [0, 0.1) is 41.3 Å². The predicted molar refractivity (Wildman–Crippen MR) is 133 cm³/mol. The molecule has 2 heterocycles. The van der Waals surface area contributed by atoms with E-state index in [9.17, 15) is 14.3 Å². The van der Waals surface area contributed by atoms with E-state index in [1.807, 2.05) is 30.3 Å². The summed E-state index contributed by atoms with van der Waals surface area (Å²) in [5, 5.41) is 23.4. The molecule has 1 aliphatic carbocycles. The number of phenols is 1. The quantitative estimate of drug-likeness (QED) is 0.340. The topological polar surface area (TPSA) is 102 Å². The Morgan fingerprint density at radius 2 is 2.03 bits per heavy atom. The van der Waals surface area contributed by atoms with E-state index in [1.165, 1.54) is 12.1 Å². The maximum atomic E-state index is 14.2. The number of nitriles is 1. The molecule has 0 saturated heterocycles. The van der Waals surface area contributed by atoms with Crippen molar-refractivity contribution in [3.8, 4) is 23.7 Å². The molecule has 1 aliphatic rings. The van der Waals surface area contributed by atoms with Gasteiger partial charge >= 0.3 is 0 Å². The Morgan fingerprint density at radius 1 is 1.22 bits per heavy atom. The number of aromatic amines is 1. The predicted octanol–water partition coefficient (Wildman–Crippen LogP) is 5.28. The van der Waals surface area contributed by atoms with Gasteiger partial charge in [0.2, 0.25) is 0 Å². The van der Waals surface area contributed by atoms with Gasteiger partial charge in [-0.25, -0.2) is 9.37 Å². The van der Waals surface area contributed by atoms with Crippen LogP contribution in [0.2, 0.25) is 0 Å². The van der Waals surface area contributed by atoms with E-state index in [4.69, 9.17) is 5.26 Å². The number of halogens is 1. The lowest BCUT2D eigenvalue weighted by molar-refractivity contribution is 0.0936. The first kappa shape index (κ1) is 23.1. The largest absolute Gasteiger partial charge is 0.508 e. The van der Waals surface area contributed by atoms with Gasteiger partial charge < -0.3 is 15.4 Å². The summed E-state index contributed by atoms with van der Waals surface area (Å²) in [6.07, 6.45) is 2.18. The highest BCUT2D eigenvalue weighted by Gasteiger charge is 2.40. The number of aryl methyl sites for hydroxylation is 1. The van der Waals surface area contributed by atoms with E-state index in [2.05, 4.69) is 33.2 Å². The number of benzene rings is 2. The van der Waals surface area contributed by atoms with Gasteiger partial charge in [0.15, 0.2) is 0 Å². The average Bonchev–Trinajstić information content (AvgIpc) is 3.49. The maximum Gasteiger partial charge on any atom is 0.270 e. The molecule has 7 heteroatoms. The Morgan fingerprint density at radius 3 is 2.78 bits per heavy atom. The van der Waals surface area contributed by atoms with E-state index in [0.717, 1.165) is 29.8 Å². The third-order valence-corrected chi connectivity index (χ3v) is 6.37. The molecule has 1 atom stereocenters. The molecule has 3 N–H and O–H groups in total. The van der Waals surface area contributed by atoms with Gasteiger partial charge in [0.1, 0.15) is 17.3 Å². The van der Waals surface area contributed by atoms with Crippen LogP contribution in [0.1, 0.15) is 58.3 Å². The molecule has 0 spiro atoms. The molecule has 2 aromatic heterocycles. The Labute approximate surface area is 207 Å². The van der Waals surface area contributed by atoms with Crippen LogP contribution in [-0.4, -0.2) is 21.0 Å². The Balaban J connectivity index is 1.50. The number of aromatic hydroxyl groups is 1.